The highest BCUT2D eigenvalue weighted by molar-refractivity contribution is 6.31. The Kier molecular flexibility index (Phi) is 2.11. The van der Waals surface area contributed by atoms with Crippen molar-refractivity contribution in [1.82, 2.24) is 9.97 Å². The van der Waals surface area contributed by atoms with E-state index in [0.717, 1.165) is 23.9 Å². The Hall–Kier alpha value is -1.55. The molecule has 1 aromatic heterocycles. The van der Waals surface area contributed by atoms with Crippen LogP contribution in [0.2, 0.25) is 5.02 Å². The molecule has 2 aromatic rings. The number of carbonyl (C=O) groups excluding carboxylic acids is 1. The van der Waals surface area contributed by atoms with Crippen LogP contribution < -0.4 is 5.32 Å². The fourth-order valence-corrected chi connectivity index (χ4v) is 1.78. The number of fused-ring (bicyclic) bond motifs is 1. The number of rotatable bonds is 2. The van der Waals surface area contributed by atoms with Crippen molar-refractivity contribution >= 4 is 34.5 Å². The molecule has 1 aliphatic rings. The highest BCUT2D eigenvalue weighted by Crippen LogP contribution is 2.30. The van der Waals surface area contributed by atoms with Crippen molar-refractivity contribution in [2.45, 2.75) is 12.8 Å². The predicted octanol–water partition coefficient (Wildman–Crippen LogP) is 2.56. The molecule has 0 saturated heterocycles. The summed E-state index contributed by atoms with van der Waals surface area (Å²) in [6, 6.07) is 5.38. The van der Waals surface area contributed by atoms with Gasteiger partial charge in [0.25, 0.3) is 0 Å². The number of aromatic nitrogens is 2. The van der Waals surface area contributed by atoms with E-state index in [4.69, 9.17) is 11.6 Å². The lowest BCUT2D eigenvalue weighted by molar-refractivity contribution is -0.117. The van der Waals surface area contributed by atoms with Gasteiger partial charge in [-0.15, -0.1) is 0 Å². The monoisotopic (exact) mass is 235 g/mol. The van der Waals surface area contributed by atoms with E-state index in [1.54, 1.807) is 12.1 Å². The van der Waals surface area contributed by atoms with Gasteiger partial charge in [-0.2, -0.15) is 0 Å². The summed E-state index contributed by atoms with van der Waals surface area (Å²) >= 11 is 5.86. The highest BCUT2D eigenvalue weighted by Gasteiger charge is 2.30. The summed E-state index contributed by atoms with van der Waals surface area (Å²) in [5.41, 5.74) is 1.63. The molecule has 2 N–H and O–H groups in total. The molecule has 4 nitrogen and oxygen atoms in total. The summed E-state index contributed by atoms with van der Waals surface area (Å²) in [6.07, 6.45) is 1.97. The van der Waals surface area contributed by atoms with Crippen molar-refractivity contribution in [3.8, 4) is 0 Å². The first-order valence-corrected chi connectivity index (χ1v) is 5.56. The van der Waals surface area contributed by atoms with E-state index in [1.807, 2.05) is 6.07 Å². The maximum atomic E-state index is 11.5. The minimum atomic E-state index is 0.0464. The molecule has 16 heavy (non-hydrogen) atoms. The largest absolute Gasteiger partial charge is 0.324 e. The van der Waals surface area contributed by atoms with Crippen LogP contribution in [-0.2, 0) is 4.79 Å². The molecule has 0 bridgehead atoms. The van der Waals surface area contributed by atoms with Crippen molar-refractivity contribution < 1.29 is 4.79 Å². The van der Waals surface area contributed by atoms with E-state index in [1.165, 1.54) is 0 Å². The Balaban J connectivity index is 1.89. The van der Waals surface area contributed by atoms with E-state index in [-0.39, 0.29) is 11.8 Å². The summed E-state index contributed by atoms with van der Waals surface area (Å²) in [7, 11) is 0. The Labute approximate surface area is 97.0 Å². The van der Waals surface area contributed by atoms with Crippen LogP contribution in [0.4, 0.5) is 5.95 Å². The van der Waals surface area contributed by atoms with Gasteiger partial charge in [-0.25, -0.2) is 4.98 Å². The average Bonchev–Trinajstić information content (AvgIpc) is 3.00. The number of benzene rings is 1. The number of nitrogens with zero attached hydrogens (tertiary/aromatic N) is 1. The Morgan fingerprint density at radius 2 is 2.31 bits per heavy atom. The molecule has 1 aliphatic carbocycles. The third kappa shape index (κ3) is 1.76. The zero-order valence-electron chi connectivity index (χ0n) is 8.46. The second-order valence-electron chi connectivity index (χ2n) is 4.01. The fraction of sp³-hybridized carbons (Fsp3) is 0.273. The third-order valence-electron chi connectivity index (χ3n) is 2.63. The molecule has 1 aromatic carbocycles. The Bertz CT molecular complexity index is 559. The van der Waals surface area contributed by atoms with Crippen molar-refractivity contribution in [2.24, 2.45) is 5.92 Å². The summed E-state index contributed by atoms with van der Waals surface area (Å²) in [5.74, 6) is 0.719. The van der Waals surface area contributed by atoms with E-state index in [9.17, 15) is 4.79 Å². The lowest BCUT2D eigenvalue weighted by Gasteiger charge is -1.97. The molecule has 82 valence electrons. The van der Waals surface area contributed by atoms with Gasteiger partial charge in [0.05, 0.1) is 11.0 Å². The molecule has 0 radical (unpaired) electrons. The molecule has 1 amide bonds. The van der Waals surface area contributed by atoms with Gasteiger partial charge in [-0.1, -0.05) is 11.6 Å². The quantitative estimate of drug-likeness (QED) is 0.841. The van der Waals surface area contributed by atoms with Gasteiger partial charge in [0.1, 0.15) is 0 Å². The summed E-state index contributed by atoms with van der Waals surface area (Å²) < 4.78 is 0. The topological polar surface area (TPSA) is 57.8 Å². The first-order valence-electron chi connectivity index (χ1n) is 5.18. The maximum absolute atomic E-state index is 11.5. The summed E-state index contributed by atoms with van der Waals surface area (Å²) in [5, 5.41) is 3.41. The lowest BCUT2D eigenvalue weighted by Crippen LogP contribution is -2.14. The highest BCUT2D eigenvalue weighted by atomic mass is 35.5. The van der Waals surface area contributed by atoms with Gasteiger partial charge in [0, 0.05) is 10.9 Å². The van der Waals surface area contributed by atoms with Crippen LogP contribution >= 0.6 is 11.6 Å². The van der Waals surface area contributed by atoms with Gasteiger partial charge < -0.3 is 4.98 Å². The van der Waals surface area contributed by atoms with Crippen molar-refractivity contribution in [3.05, 3.63) is 23.2 Å². The van der Waals surface area contributed by atoms with Crippen LogP contribution in [0, 0.1) is 5.92 Å². The summed E-state index contributed by atoms with van der Waals surface area (Å²) in [4.78, 5) is 18.8. The normalized spacial score (nSPS) is 15.3. The van der Waals surface area contributed by atoms with Crippen molar-refractivity contribution in [3.63, 3.8) is 0 Å². The number of imidazole rings is 1. The number of amides is 1. The molecule has 1 heterocycles. The third-order valence-corrected chi connectivity index (χ3v) is 2.87. The standard InChI is InChI=1S/C11H10ClN3O/c12-7-3-4-8-9(5-7)14-11(13-8)15-10(16)6-1-2-6/h3-6H,1-2H2,(H2,13,14,15,16). The number of anilines is 1. The molecule has 1 saturated carbocycles. The SMILES string of the molecule is O=C(Nc1nc2ccc(Cl)cc2[nH]1)C1CC1. The van der Waals surface area contributed by atoms with Gasteiger partial charge in [0.2, 0.25) is 11.9 Å². The van der Waals surface area contributed by atoms with Crippen LogP contribution in [0.25, 0.3) is 11.0 Å². The van der Waals surface area contributed by atoms with Gasteiger partial charge >= 0.3 is 0 Å². The van der Waals surface area contributed by atoms with E-state index in [0.29, 0.717) is 11.0 Å². The number of nitrogens with one attached hydrogen (secondary N) is 2. The number of halogens is 1. The predicted molar refractivity (Wildman–Crippen MR) is 62.5 cm³/mol. The zero-order chi connectivity index (χ0) is 11.1. The van der Waals surface area contributed by atoms with Crippen molar-refractivity contribution in [2.75, 3.05) is 5.32 Å². The summed E-state index contributed by atoms with van der Waals surface area (Å²) in [6.45, 7) is 0. The number of H-pyrrole nitrogens is 1. The molecule has 0 unspecified atom stereocenters. The molecule has 1 fully saturated rings. The van der Waals surface area contributed by atoms with E-state index < -0.39 is 0 Å². The fourth-order valence-electron chi connectivity index (χ4n) is 1.61. The number of aromatic amines is 1. The molecule has 5 heteroatoms. The molecular weight excluding hydrogens is 226 g/mol. The van der Waals surface area contributed by atoms with Crippen LogP contribution in [-0.4, -0.2) is 15.9 Å². The molecular formula is C11H10ClN3O. The van der Waals surface area contributed by atoms with Gasteiger partial charge in [0.15, 0.2) is 0 Å². The van der Waals surface area contributed by atoms with Gasteiger partial charge in [-0.05, 0) is 31.0 Å². The molecule has 0 aliphatic heterocycles. The van der Waals surface area contributed by atoms with Gasteiger partial charge in [-0.3, -0.25) is 10.1 Å². The van der Waals surface area contributed by atoms with E-state index in [2.05, 4.69) is 15.3 Å². The van der Waals surface area contributed by atoms with Crippen LogP contribution in [0.3, 0.4) is 0 Å². The first-order chi connectivity index (χ1) is 7.72. The minimum Gasteiger partial charge on any atom is -0.324 e. The Morgan fingerprint density at radius 1 is 1.50 bits per heavy atom. The lowest BCUT2D eigenvalue weighted by atomic mass is 10.3. The van der Waals surface area contributed by atoms with Crippen LogP contribution in [0.1, 0.15) is 12.8 Å². The number of carbonyl (C=O) groups is 1. The second-order valence-corrected chi connectivity index (χ2v) is 4.45. The molecule has 0 atom stereocenters. The Morgan fingerprint density at radius 3 is 3.06 bits per heavy atom. The smallest absolute Gasteiger partial charge is 0.229 e. The number of hydrogen-bond donors (Lipinski definition) is 2. The number of hydrogen-bond acceptors (Lipinski definition) is 2. The van der Waals surface area contributed by atoms with E-state index >= 15 is 0 Å². The van der Waals surface area contributed by atoms with Crippen LogP contribution in [0.15, 0.2) is 18.2 Å². The second kappa shape index (κ2) is 3.49. The molecule has 3 rings (SSSR count). The van der Waals surface area contributed by atoms with Crippen molar-refractivity contribution in [1.29, 1.82) is 0 Å². The average molecular weight is 236 g/mol. The maximum Gasteiger partial charge on any atom is 0.229 e. The zero-order valence-corrected chi connectivity index (χ0v) is 9.21. The first kappa shape index (κ1) is 9.66. The van der Waals surface area contributed by atoms with Crippen LogP contribution in [0.5, 0.6) is 0 Å². The molecule has 0 spiro atoms. The minimum absolute atomic E-state index is 0.0464.